The van der Waals surface area contributed by atoms with Gasteiger partial charge in [-0.05, 0) is 66.4 Å². The van der Waals surface area contributed by atoms with Crippen LogP contribution in [0, 0.1) is 0 Å². The van der Waals surface area contributed by atoms with E-state index in [1.165, 1.54) is 30.3 Å². The standard InChI is InChI=1S/C21H19ClN2O5S/c1-2-24(17-6-4-3-5-7-17)19-14-15(21(25)26)8-13-20(19)30(27,28)23-29-18-11-9-16(22)10-12-18/h3-14,23H,2H2,1H3,(H,25,26). The molecule has 0 aromatic heterocycles. The van der Waals surface area contributed by atoms with Crippen LogP contribution in [0.15, 0.2) is 77.7 Å². The number of hydrogen-bond donors (Lipinski definition) is 2. The maximum atomic E-state index is 13.0. The second-order valence-corrected chi connectivity index (χ2v) is 8.26. The summed E-state index contributed by atoms with van der Waals surface area (Å²) in [5, 5.41) is 9.87. The van der Waals surface area contributed by atoms with E-state index in [9.17, 15) is 18.3 Å². The quantitative estimate of drug-likeness (QED) is 0.495. The van der Waals surface area contributed by atoms with E-state index in [0.29, 0.717) is 11.6 Å². The molecule has 0 aliphatic heterocycles. The van der Waals surface area contributed by atoms with Crippen molar-refractivity contribution in [3.05, 3.63) is 83.4 Å². The summed E-state index contributed by atoms with van der Waals surface area (Å²) in [4.78, 5) is 20.4. The van der Waals surface area contributed by atoms with E-state index in [-0.39, 0.29) is 21.9 Å². The van der Waals surface area contributed by atoms with Gasteiger partial charge in [-0.3, -0.25) is 0 Å². The Bertz CT molecular complexity index is 1140. The fourth-order valence-electron chi connectivity index (χ4n) is 2.84. The normalized spacial score (nSPS) is 11.1. The van der Waals surface area contributed by atoms with Gasteiger partial charge in [0.1, 0.15) is 10.6 Å². The number of halogens is 1. The summed E-state index contributed by atoms with van der Waals surface area (Å²) < 4.78 is 26.0. The van der Waals surface area contributed by atoms with Gasteiger partial charge >= 0.3 is 5.97 Å². The van der Waals surface area contributed by atoms with Crippen molar-refractivity contribution in [1.29, 1.82) is 0 Å². The number of anilines is 2. The summed E-state index contributed by atoms with van der Waals surface area (Å²) in [5.41, 5.74) is 0.908. The van der Waals surface area contributed by atoms with Gasteiger partial charge in [0.15, 0.2) is 0 Å². The second kappa shape index (κ2) is 9.17. The van der Waals surface area contributed by atoms with Crippen molar-refractivity contribution in [2.75, 3.05) is 11.4 Å². The number of carbonyl (C=O) groups is 1. The van der Waals surface area contributed by atoms with Gasteiger partial charge in [-0.15, -0.1) is 0 Å². The highest BCUT2D eigenvalue weighted by molar-refractivity contribution is 7.89. The Morgan fingerprint density at radius 1 is 1.07 bits per heavy atom. The molecule has 3 aromatic rings. The lowest BCUT2D eigenvalue weighted by atomic mass is 10.1. The molecule has 0 unspecified atom stereocenters. The molecule has 0 saturated heterocycles. The summed E-state index contributed by atoms with van der Waals surface area (Å²) >= 11 is 5.82. The molecule has 0 fully saturated rings. The second-order valence-electron chi connectivity index (χ2n) is 6.21. The first-order chi connectivity index (χ1) is 14.3. The molecule has 30 heavy (non-hydrogen) atoms. The molecule has 2 N–H and O–H groups in total. The molecule has 0 atom stereocenters. The summed E-state index contributed by atoms with van der Waals surface area (Å²) in [5.74, 6) is -0.906. The van der Waals surface area contributed by atoms with Crippen molar-refractivity contribution in [2.45, 2.75) is 11.8 Å². The van der Waals surface area contributed by atoms with Crippen LogP contribution < -0.4 is 14.6 Å². The molecule has 0 heterocycles. The number of sulfonamides is 1. The van der Waals surface area contributed by atoms with Crippen LogP contribution in [0.3, 0.4) is 0 Å². The van der Waals surface area contributed by atoms with Crippen LogP contribution in [0.4, 0.5) is 11.4 Å². The van der Waals surface area contributed by atoms with Crippen LogP contribution in [0.25, 0.3) is 0 Å². The van der Waals surface area contributed by atoms with Gasteiger partial charge in [-0.1, -0.05) is 29.8 Å². The number of rotatable bonds is 8. The van der Waals surface area contributed by atoms with E-state index in [1.807, 2.05) is 37.3 Å². The summed E-state index contributed by atoms with van der Waals surface area (Å²) in [6.07, 6.45) is 0. The minimum atomic E-state index is -4.14. The summed E-state index contributed by atoms with van der Waals surface area (Å²) in [7, 11) is -4.14. The van der Waals surface area contributed by atoms with E-state index in [2.05, 4.69) is 4.89 Å². The number of nitrogens with one attached hydrogen (secondary N) is 1. The predicted molar refractivity (Wildman–Crippen MR) is 115 cm³/mol. The highest BCUT2D eigenvalue weighted by Gasteiger charge is 2.24. The monoisotopic (exact) mass is 446 g/mol. The lowest BCUT2D eigenvalue weighted by molar-refractivity contribution is 0.0697. The van der Waals surface area contributed by atoms with Gasteiger partial charge in [0.25, 0.3) is 10.0 Å². The molecule has 156 valence electrons. The van der Waals surface area contributed by atoms with E-state index >= 15 is 0 Å². The molecule has 9 heteroatoms. The minimum absolute atomic E-state index is 0.0306. The van der Waals surface area contributed by atoms with Crippen molar-refractivity contribution < 1.29 is 23.2 Å². The topological polar surface area (TPSA) is 95.9 Å². The van der Waals surface area contributed by atoms with Gasteiger partial charge in [-0.25, -0.2) is 13.2 Å². The Morgan fingerprint density at radius 3 is 2.33 bits per heavy atom. The van der Waals surface area contributed by atoms with Gasteiger partial charge in [0.2, 0.25) is 0 Å². The molecule has 0 radical (unpaired) electrons. The van der Waals surface area contributed by atoms with Gasteiger partial charge < -0.3 is 14.8 Å². The van der Waals surface area contributed by atoms with E-state index < -0.39 is 16.0 Å². The van der Waals surface area contributed by atoms with Crippen molar-refractivity contribution >= 4 is 39.0 Å². The Morgan fingerprint density at radius 2 is 1.73 bits per heavy atom. The predicted octanol–water partition coefficient (Wildman–Crippen LogP) is 4.47. The van der Waals surface area contributed by atoms with Crippen molar-refractivity contribution in [2.24, 2.45) is 0 Å². The smallest absolute Gasteiger partial charge is 0.335 e. The van der Waals surface area contributed by atoms with E-state index in [0.717, 1.165) is 5.69 Å². The number of aromatic carboxylic acids is 1. The third kappa shape index (κ3) is 4.91. The number of carboxylic acid groups (broad SMARTS) is 1. The largest absolute Gasteiger partial charge is 0.478 e. The average Bonchev–Trinajstić information content (AvgIpc) is 2.74. The molecule has 0 saturated carbocycles. The number of nitrogens with zero attached hydrogens (tertiary/aromatic N) is 1. The molecule has 0 aliphatic carbocycles. The van der Waals surface area contributed by atoms with Crippen LogP contribution in [0.1, 0.15) is 17.3 Å². The van der Waals surface area contributed by atoms with E-state index in [1.54, 1.807) is 17.0 Å². The van der Waals surface area contributed by atoms with Crippen LogP contribution in [0.2, 0.25) is 5.02 Å². The lowest BCUT2D eigenvalue weighted by Crippen LogP contribution is -2.29. The Kier molecular flexibility index (Phi) is 6.61. The molecular formula is C21H19ClN2O5S. The molecule has 3 aromatic carbocycles. The zero-order valence-electron chi connectivity index (χ0n) is 15.9. The molecule has 0 amide bonds. The SMILES string of the molecule is CCN(c1ccccc1)c1cc(C(=O)O)ccc1S(=O)(=O)NOc1ccc(Cl)cc1. The zero-order chi connectivity index (χ0) is 21.7. The third-order valence-electron chi connectivity index (χ3n) is 4.25. The maximum Gasteiger partial charge on any atom is 0.335 e. The van der Waals surface area contributed by atoms with Gasteiger partial charge in [0.05, 0.1) is 11.3 Å². The highest BCUT2D eigenvalue weighted by Crippen LogP contribution is 2.32. The molecule has 0 spiro atoms. The van der Waals surface area contributed by atoms with Gasteiger partial charge in [-0.2, -0.15) is 0 Å². The molecule has 7 nitrogen and oxygen atoms in total. The van der Waals surface area contributed by atoms with Gasteiger partial charge in [0, 0.05) is 17.3 Å². The fourth-order valence-corrected chi connectivity index (χ4v) is 3.95. The lowest BCUT2D eigenvalue weighted by Gasteiger charge is -2.26. The number of para-hydroxylation sites is 1. The summed E-state index contributed by atoms with van der Waals surface area (Å²) in [6, 6.07) is 19.1. The Labute approximate surface area is 179 Å². The molecule has 0 bridgehead atoms. The highest BCUT2D eigenvalue weighted by atomic mass is 35.5. The molecular weight excluding hydrogens is 428 g/mol. The Hall–Kier alpha value is -3.07. The van der Waals surface area contributed by atoms with E-state index in [4.69, 9.17) is 16.4 Å². The van der Waals surface area contributed by atoms with Crippen LogP contribution >= 0.6 is 11.6 Å². The van der Waals surface area contributed by atoms with Crippen LogP contribution in [0.5, 0.6) is 5.75 Å². The minimum Gasteiger partial charge on any atom is -0.478 e. The summed E-state index contributed by atoms with van der Waals surface area (Å²) in [6.45, 7) is 2.25. The third-order valence-corrected chi connectivity index (χ3v) is 5.73. The average molecular weight is 447 g/mol. The zero-order valence-corrected chi connectivity index (χ0v) is 17.5. The van der Waals surface area contributed by atoms with Crippen LogP contribution in [-0.2, 0) is 10.0 Å². The first kappa shape index (κ1) is 21.6. The first-order valence-electron chi connectivity index (χ1n) is 8.96. The number of hydrogen-bond acceptors (Lipinski definition) is 5. The van der Waals surface area contributed by atoms with Crippen molar-refractivity contribution in [3.63, 3.8) is 0 Å². The first-order valence-corrected chi connectivity index (χ1v) is 10.8. The number of carboxylic acids is 1. The Balaban J connectivity index is 2.02. The maximum absolute atomic E-state index is 13.0. The molecule has 3 rings (SSSR count). The number of benzene rings is 3. The fraction of sp³-hybridized carbons (Fsp3) is 0.0952. The van der Waals surface area contributed by atoms with Crippen molar-refractivity contribution in [3.8, 4) is 5.75 Å². The van der Waals surface area contributed by atoms with Crippen molar-refractivity contribution in [1.82, 2.24) is 4.89 Å². The molecule has 0 aliphatic rings. The van der Waals surface area contributed by atoms with Crippen LogP contribution in [-0.4, -0.2) is 26.0 Å².